The van der Waals surface area contributed by atoms with Gasteiger partial charge in [0, 0.05) is 22.6 Å². The van der Waals surface area contributed by atoms with Crippen LogP contribution in [0.4, 0.5) is 0 Å². The summed E-state index contributed by atoms with van der Waals surface area (Å²) in [5, 5.41) is 0.493. The predicted molar refractivity (Wildman–Crippen MR) is 73.2 cm³/mol. The molecule has 0 aliphatic rings. The fraction of sp³-hybridized carbons (Fsp3) is 0.167. The topological polar surface area (TPSA) is 77.1 Å². The van der Waals surface area contributed by atoms with Crippen molar-refractivity contribution in [3.8, 4) is 0 Å². The first-order valence-corrected chi connectivity index (χ1v) is 6.21. The molecule has 0 bridgehead atoms. The Kier molecular flexibility index (Phi) is 3.49. The van der Waals surface area contributed by atoms with Crippen molar-refractivity contribution in [3.63, 3.8) is 0 Å². The van der Waals surface area contributed by atoms with E-state index in [4.69, 9.17) is 5.84 Å². The Labute approximate surface area is 112 Å². The summed E-state index contributed by atoms with van der Waals surface area (Å²) >= 11 is 3.32. The van der Waals surface area contributed by atoms with Gasteiger partial charge in [-0.05, 0) is 25.1 Å². The van der Waals surface area contributed by atoms with Crippen LogP contribution in [-0.2, 0) is 6.54 Å². The number of hydrazine groups is 1. The molecule has 0 aliphatic heterocycles. The molecule has 1 aromatic heterocycles. The molecule has 1 aromatic carbocycles. The summed E-state index contributed by atoms with van der Waals surface area (Å²) in [6.45, 7) is 2.60. The highest BCUT2D eigenvalue weighted by molar-refractivity contribution is 9.10. The van der Waals surface area contributed by atoms with E-state index in [0.29, 0.717) is 11.9 Å². The number of fused-ring (bicyclic) bond motifs is 1. The van der Waals surface area contributed by atoms with E-state index < -0.39 is 5.91 Å². The van der Waals surface area contributed by atoms with Crippen LogP contribution in [0.5, 0.6) is 0 Å². The van der Waals surface area contributed by atoms with Gasteiger partial charge in [-0.3, -0.25) is 15.0 Å². The molecule has 0 saturated carbocycles. The van der Waals surface area contributed by atoms with Crippen molar-refractivity contribution in [2.75, 3.05) is 0 Å². The average Bonchev–Trinajstić information content (AvgIpc) is 2.39. The zero-order valence-electron chi connectivity index (χ0n) is 9.74. The molecule has 5 nitrogen and oxygen atoms in total. The van der Waals surface area contributed by atoms with Crippen molar-refractivity contribution < 1.29 is 4.79 Å². The van der Waals surface area contributed by atoms with Gasteiger partial charge in [0.05, 0.1) is 5.52 Å². The Bertz CT molecular complexity index is 679. The zero-order chi connectivity index (χ0) is 13.3. The minimum absolute atomic E-state index is 0.0463. The molecular weight excluding hydrogens is 298 g/mol. The molecule has 2 aromatic rings. The highest BCUT2D eigenvalue weighted by Gasteiger charge is 2.14. The molecule has 6 heteroatoms. The van der Waals surface area contributed by atoms with Crippen LogP contribution in [0.15, 0.2) is 33.7 Å². The van der Waals surface area contributed by atoms with Crippen molar-refractivity contribution in [2.45, 2.75) is 13.5 Å². The van der Waals surface area contributed by atoms with E-state index in [9.17, 15) is 9.59 Å². The van der Waals surface area contributed by atoms with Crippen LogP contribution in [-0.4, -0.2) is 10.5 Å². The number of aryl methyl sites for hydroxylation is 1. The lowest BCUT2D eigenvalue weighted by atomic mass is 10.1. The van der Waals surface area contributed by atoms with Gasteiger partial charge in [-0.25, -0.2) is 5.84 Å². The number of hydrogen-bond donors (Lipinski definition) is 2. The molecule has 0 spiro atoms. The van der Waals surface area contributed by atoms with Crippen LogP contribution in [0.2, 0.25) is 0 Å². The van der Waals surface area contributed by atoms with Crippen LogP contribution in [0, 0.1) is 0 Å². The number of benzene rings is 1. The van der Waals surface area contributed by atoms with E-state index in [2.05, 4.69) is 15.9 Å². The van der Waals surface area contributed by atoms with Crippen molar-refractivity contribution in [1.29, 1.82) is 0 Å². The Hall–Kier alpha value is -1.66. The summed E-state index contributed by atoms with van der Waals surface area (Å²) in [6.07, 6.45) is 1.53. The number of nitrogens with two attached hydrogens (primary N) is 1. The lowest BCUT2D eigenvalue weighted by Crippen LogP contribution is -2.34. The fourth-order valence-corrected chi connectivity index (χ4v) is 2.23. The van der Waals surface area contributed by atoms with Gasteiger partial charge in [-0.15, -0.1) is 0 Å². The Balaban J connectivity index is 2.88. The van der Waals surface area contributed by atoms with E-state index in [1.807, 2.05) is 29.0 Å². The van der Waals surface area contributed by atoms with Crippen LogP contribution in [0.3, 0.4) is 0 Å². The fourth-order valence-electron chi connectivity index (χ4n) is 1.87. The third-order valence-electron chi connectivity index (χ3n) is 2.76. The monoisotopic (exact) mass is 309 g/mol. The maximum absolute atomic E-state index is 12.2. The normalized spacial score (nSPS) is 10.6. The van der Waals surface area contributed by atoms with Crippen molar-refractivity contribution >= 4 is 32.7 Å². The molecule has 1 amide bonds. The number of rotatable bonds is 2. The minimum Gasteiger partial charge on any atom is -0.347 e. The molecule has 3 N–H and O–H groups in total. The number of pyridine rings is 1. The highest BCUT2D eigenvalue weighted by atomic mass is 79.9. The molecule has 1 heterocycles. The summed E-state index contributed by atoms with van der Waals surface area (Å²) in [4.78, 5) is 23.8. The lowest BCUT2D eigenvalue weighted by Gasteiger charge is -2.11. The summed E-state index contributed by atoms with van der Waals surface area (Å²) in [5.41, 5.74) is 2.51. The quantitative estimate of drug-likeness (QED) is 0.500. The average molecular weight is 310 g/mol. The third-order valence-corrected chi connectivity index (χ3v) is 3.25. The first kappa shape index (κ1) is 12.8. The number of nitrogens with zero attached hydrogens (tertiary/aromatic N) is 1. The minimum atomic E-state index is -0.580. The highest BCUT2D eigenvalue weighted by Crippen LogP contribution is 2.18. The first-order valence-electron chi connectivity index (χ1n) is 5.42. The van der Waals surface area contributed by atoms with Crippen LogP contribution < -0.4 is 16.7 Å². The van der Waals surface area contributed by atoms with Gasteiger partial charge in [0.1, 0.15) is 5.56 Å². The second-order valence-electron chi connectivity index (χ2n) is 3.79. The number of amides is 1. The summed E-state index contributed by atoms with van der Waals surface area (Å²) < 4.78 is 2.63. The van der Waals surface area contributed by atoms with Crippen LogP contribution >= 0.6 is 15.9 Å². The van der Waals surface area contributed by atoms with Gasteiger partial charge >= 0.3 is 0 Å². The third kappa shape index (κ3) is 2.04. The molecule has 2 rings (SSSR count). The SMILES string of the molecule is CCn1cc(C(=O)NN)c(=O)c2cc(Br)ccc21. The second kappa shape index (κ2) is 4.91. The van der Waals surface area contributed by atoms with Crippen molar-refractivity contribution in [3.05, 3.63) is 44.7 Å². The largest absolute Gasteiger partial charge is 0.347 e. The summed E-state index contributed by atoms with van der Waals surface area (Å²) in [7, 11) is 0. The van der Waals surface area contributed by atoms with Gasteiger partial charge in [0.25, 0.3) is 5.91 Å². The maximum atomic E-state index is 12.2. The summed E-state index contributed by atoms with van der Waals surface area (Å²) in [6, 6.07) is 5.40. The van der Waals surface area contributed by atoms with Gasteiger partial charge in [0.15, 0.2) is 0 Å². The predicted octanol–water partition coefficient (Wildman–Crippen LogP) is 1.39. The molecule has 0 radical (unpaired) electrons. The number of carbonyl (C=O) groups is 1. The second-order valence-corrected chi connectivity index (χ2v) is 4.71. The molecule has 94 valence electrons. The summed E-state index contributed by atoms with van der Waals surface area (Å²) in [5.74, 6) is 4.50. The molecule has 0 saturated heterocycles. The Morgan fingerprint density at radius 1 is 1.50 bits per heavy atom. The molecule has 18 heavy (non-hydrogen) atoms. The van der Waals surface area contributed by atoms with Gasteiger partial charge in [-0.2, -0.15) is 0 Å². The zero-order valence-corrected chi connectivity index (χ0v) is 11.3. The molecule has 0 atom stereocenters. The molecule has 0 unspecified atom stereocenters. The van der Waals surface area contributed by atoms with E-state index >= 15 is 0 Å². The van der Waals surface area contributed by atoms with Gasteiger partial charge in [-0.1, -0.05) is 15.9 Å². The number of nitrogen functional groups attached to an aromatic ring is 1. The van der Waals surface area contributed by atoms with E-state index in [-0.39, 0.29) is 11.0 Å². The molecule has 0 aliphatic carbocycles. The van der Waals surface area contributed by atoms with Crippen molar-refractivity contribution in [2.24, 2.45) is 5.84 Å². The number of aromatic nitrogens is 1. The number of nitrogens with one attached hydrogen (secondary N) is 1. The molecular formula is C12H12BrN3O2. The Morgan fingerprint density at radius 3 is 2.83 bits per heavy atom. The van der Waals surface area contributed by atoms with E-state index in [0.717, 1.165) is 9.99 Å². The van der Waals surface area contributed by atoms with Crippen molar-refractivity contribution in [1.82, 2.24) is 9.99 Å². The number of carbonyl (C=O) groups excluding carboxylic acids is 1. The van der Waals surface area contributed by atoms with Crippen LogP contribution in [0.1, 0.15) is 17.3 Å². The van der Waals surface area contributed by atoms with Gasteiger partial charge < -0.3 is 4.57 Å². The Morgan fingerprint density at radius 2 is 2.22 bits per heavy atom. The van der Waals surface area contributed by atoms with E-state index in [1.54, 1.807) is 6.07 Å². The first-order chi connectivity index (χ1) is 8.58. The number of halogens is 1. The maximum Gasteiger partial charge on any atom is 0.270 e. The molecule has 0 fully saturated rings. The lowest BCUT2D eigenvalue weighted by molar-refractivity contribution is 0.0952. The van der Waals surface area contributed by atoms with Gasteiger partial charge in [0.2, 0.25) is 5.43 Å². The smallest absolute Gasteiger partial charge is 0.270 e. The van der Waals surface area contributed by atoms with E-state index in [1.165, 1.54) is 6.20 Å². The standard InChI is InChI=1S/C12H12BrN3O2/c1-2-16-6-9(12(18)15-14)11(17)8-5-7(13)3-4-10(8)16/h3-6H,2,14H2,1H3,(H,15,18). The van der Waals surface area contributed by atoms with Crippen LogP contribution in [0.25, 0.3) is 10.9 Å². The number of hydrogen-bond acceptors (Lipinski definition) is 3.